The van der Waals surface area contributed by atoms with E-state index in [1.807, 2.05) is 12.3 Å². The van der Waals surface area contributed by atoms with Crippen molar-refractivity contribution in [3.8, 4) is 0 Å². The Balaban J connectivity index is 1.82. The number of hydrogen-bond donors (Lipinski definition) is 1. The molecule has 0 aliphatic carbocycles. The van der Waals surface area contributed by atoms with Crippen LogP contribution in [0.5, 0.6) is 0 Å². The van der Waals surface area contributed by atoms with Crippen molar-refractivity contribution in [2.24, 2.45) is 0 Å². The number of nitrogens with one attached hydrogen (secondary N) is 1. The second kappa shape index (κ2) is 6.55. The maximum absolute atomic E-state index is 4.13. The van der Waals surface area contributed by atoms with Gasteiger partial charge < -0.3 is 5.32 Å². The molecular weight excluding hydrogens is 288 g/mol. The van der Waals surface area contributed by atoms with Crippen molar-refractivity contribution in [3.63, 3.8) is 0 Å². The predicted octanol–water partition coefficient (Wildman–Crippen LogP) is 4.45. The number of aromatic nitrogens is 1. The Bertz CT molecular complexity index is 485. The van der Waals surface area contributed by atoms with Crippen LogP contribution in [0.4, 0.5) is 5.69 Å². The van der Waals surface area contributed by atoms with Gasteiger partial charge in [0.15, 0.2) is 0 Å². The van der Waals surface area contributed by atoms with Gasteiger partial charge in [0, 0.05) is 17.2 Å². The molecule has 0 amide bonds. The summed E-state index contributed by atoms with van der Waals surface area (Å²) in [6.45, 7) is 3.21. The molecule has 0 saturated carbocycles. The van der Waals surface area contributed by atoms with Crippen LogP contribution in [0.2, 0.25) is 0 Å². The Hall–Kier alpha value is -1.35. The average Bonchev–Trinajstić information content (AvgIpc) is 2.40. The van der Waals surface area contributed by atoms with Gasteiger partial charge in [-0.1, -0.05) is 37.3 Å². The van der Waals surface area contributed by atoms with E-state index in [9.17, 15) is 0 Å². The number of pyridine rings is 1. The normalized spacial score (nSPS) is 12.1. The van der Waals surface area contributed by atoms with Crippen molar-refractivity contribution in [3.05, 3.63) is 58.8 Å². The van der Waals surface area contributed by atoms with Gasteiger partial charge in [0.25, 0.3) is 0 Å². The van der Waals surface area contributed by atoms with Gasteiger partial charge in [-0.05, 0) is 39.9 Å². The van der Waals surface area contributed by atoms with E-state index in [4.69, 9.17) is 0 Å². The van der Waals surface area contributed by atoms with E-state index < -0.39 is 0 Å². The highest BCUT2D eigenvalue weighted by atomic mass is 79.9. The molecule has 1 heterocycles. The van der Waals surface area contributed by atoms with Crippen molar-refractivity contribution >= 4 is 21.6 Å². The zero-order valence-electron chi connectivity index (χ0n) is 10.4. The third-order valence-electron chi connectivity index (χ3n) is 2.98. The first-order valence-corrected chi connectivity index (χ1v) is 6.94. The summed E-state index contributed by atoms with van der Waals surface area (Å²) >= 11 is 3.42. The molecule has 2 aromatic rings. The van der Waals surface area contributed by atoms with Gasteiger partial charge in [-0.2, -0.15) is 0 Å². The standard InChI is InChI=1S/C15H17BrN2/c1-12(13-5-3-2-4-6-13)7-8-18-15-9-14(16)10-17-11-15/h2-6,9-12,18H,7-8H2,1H3. The second-order valence-electron chi connectivity index (χ2n) is 4.42. The molecule has 94 valence electrons. The van der Waals surface area contributed by atoms with Crippen molar-refractivity contribution in [1.29, 1.82) is 0 Å². The topological polar surface area (TPSA) is 24.9 Å². The Kier molecular flexibility index (Phi) is 4.76. The molecule has 0 fully saturated rings. The summed E-state index contributed by atoms with van der Waals surface area (Å²) in [5.74, 6) is 0.568. The first kappa shape index (κ1) is 13.1. The van der Waals surface area contributed by atoms with Gasteiger partial charge in [0.2, 0.25) is 0 Å². The predicted molar refractivity (Wildman–Crippen MR) is 79.9 cm³/mol. The molecule has 18 heavy (non-hydrogen) atoms. The third kappa shape index (κ3) is 3.84. The van der Waals surface area contributed by atoms with Crippen LogP contribution in [0.3, 0.4) is 0 Å². The van der Waals surface area contributed by atoms with Gasteiger partial charge in [0.1, 0.15) is 0 Å². The lowest BCUT2D eigenvalue weighted by molar-refractivity contribution is 0.706. The number of hydrogen-bond acceptors (Lipinski definition) is 2. The molecule has 1 atom stereocenters. The lowest BCUT2D eigenvalue weighted by Crippen LogP contribution is -2.06. The summed E-state index contributed by atoms with van der Waals surface area (Å²) in [4.78, 5) is 4.13. The van der Waals surface area contributed by atoms with Crippen LogP contribution in [0, 0.1) is 0 Å². The molecule has 1 unspecified atom stereocenters. The Labute approximate surface area is 117 Å². The van der Waals surface area contributed by atoms with E-state index in [1.165, 1.54) is 5.56 Å². The smallest absolute Gasteiger partial charge is 0.0538 e. The molecule has 0 saturated heterocycles. The Morgan fingerprint density at radius 1 is 1.22 bits per heavy atom. The molecule has 1 aromatic heterocycles. The lowest BCUT2D eigenvalue weighted by Gasteiger charge is -2.13. The average molecular weight is 305 g/mol. The maximum Gasteiger partial charge on any atom is 0.0538 e. The Morgan fingerprint density at radius 2 is 2.00 bits per heavy atom. The van der Waals surface area contributed by atoms with E-state index in [0.717, 1.165) is 23.1 Å². The van der Waals surface area contributed by atoms with E-state index in [1.54, 1.807) is 6.20 Å². The molecule has 2 rings (SSSR count). The highest BCUT2D eigenvalue weighted by Gasteiger charge is 2.04. The summed E-state index contributed by atoms with van der Waals surface area (Å²) in [5, 5.41) is 3.39. The number of rotatable bonds is 5. The molecular formula is C15H17BrN2. The minimum atomic E-state index is 0.568. The first-order valence-electron chi connectivity index (χ1n) is 6.15. The van der Waals surface area contributed by atoms with E-state index >= 15 is 0 Å². The molecule has 0 aliphatic rings. The molecule has 0 bridgehead atoms. The number of anilines is 1. The molecule has 3 heteroatoms. The SMILES string of the molecule is CC(CCNc1cncc(Br)c1)c1ccccc1. The minimum Gasteiger partial charge on any atom is -0.384 e. The van der Waals surface area contributed by atoms with Crippen LogP contribution in [0.15, 0.2) is 53.3 Å². The van der Waals surface area contributed by atoms with Crippen molar-refractivity contribution in [1.82, 2.24) is 4.98 Å². The molecule has 0 aliphatic heterocycles. The highest BCUT2D eigenvalue weighted by molar-refractivity contribution is 9.10. The fourth-order valence-electron chi connectivity index (χ4n) is 1.89. The number of nitrogens with zero attached hydrogens (tertiary/aromatic N) is 1. The monoisotopic (exact) mass is 304 g/mol. The molecule has 1 aromatic carbocycles. The summed E-state index contributed by atoms with van der Waals surface area (Å²) in [6.07, 6.45) is 4.74. The van der Waals surface area contributed by atoms with Crippen molar-refractivity contribution < 1.29 is 0 Å². The van der Waals surface area contributed by atoms with Crippen LogP contribution >= 0.6 is 15.9 Å². The van der Waals surface area contributed by atoms with Gasteiger partial charge in [-0.3, -0.25) is 4.98 Å². The van der Waals surface area contributed by atoms with Crippen molar-refractivity contribution in [2.45, 2.75) is 19.3 Å². The van der Waals surface area contributed by atoms with E-state index in [0.29, 0.717) is 5.92 Å². The van der Waals surface area contributed by atoms with E-state index in [2.05, 4.69) is 63.5 Å². The van der Waals surface area contributed by atoms with Gasteiger partial charge in [-0.25, -0.2) is 0 Å². The maximum atomic E-state index is 4.13. The van der Waals surface area contributed by atoms with Crippen LogP contribution in [0.1, 0.15) is 24.8 Å². The zero-order valence-corrected chi connectivity index (χ0v) is 12.0. The second-order valence-corrected chi connectivity index (χ2v) is 5.33. The highest BCUT2D eigenvalue weighted by Crippen LogP contribution is 2.19. The van der Waals surface area contributed by atoms with Crippen LogP contribution in [-0.2, 0) is 0 Å². The summed E-state index contributed by atoms with van der Waals surface area (Å²) < 4.78 is 1.00. The Morgan fingerprint density at radius 3 is 2.72 bits per heavy atom. The first-order chi connectivity index (χ1) is 8.75. The number of halogens is 1. The zero-order chi connectivity index (χ0) is 12.8. The number of benzene rings is 1. The lowest BCUT2D eigenvalue weighted by atomic mass is 9.98. The largest absolute Gasteiger partial charge is 0.384 e. The fourth-order valence-corrected chi connectivity index (χ4v) is 2.25. The fraction of sp³-hybridized carbons (Fsp3) is 0.267. The van der Waals surface area contributed by atoms with Crippen LogP contribution in [-0.4, -0.2) is 11.5 Å². The van der Waals surface area contributed by atoms with Crippen molar-refractivity contribution in [2.75, 3.05) is 11.9 Å². The minimum absolute atomic E-state index is 0.568. The van der Waals surface area contributed by atoms with Crippen LogP contribution in [0.25, 0.3) is 0 Å². The van der Waals surface area contributed by atoms with Gasteiger partial charge in [-0.15, -0.1) is 0 Å². The van der Waals surface area contributed by atoms with E-state index in [-0.39, 0.29) is 0 Å². The van der Waals surface area contributed by atoms with Gasteiger partial charge >= 0.3 is 0 Å². The summed E-state index contributed by atoms with van der Waals surface area (Å²) in [6, 6.07) is 12.7. The third-order valence-corrected chi connectivity index (χ3v) is 3.41. The summed E-state index contributed by atoms with van der Waals surface area (Å²) in [5.41, 5.74) is 2.45. The quantitative estimate of drug-likeness (QED) is 0.882. The van der Waals surface area contributed by atoms with Crippen LogP contribution < -0.4 is 5.32 Å². The molecule has 2 nitrogen and oxygen atoms in total. The molecule has 0 spiro atoms. The van der Waals surface area contributed by atoms with Gasteiger partial charge in [0.05, 0.1) is 11.9 Å². The molecule has 0 radical (unpaired) electrons. The summed E-state index contributed by atoms with van der Waals surface area (Å²) in [7, 11) is 0. The molecule has 1 N–H and O–H groups in total.